The highest BCUT2D eigenvalue weighted by Gasteiger charge is 2.58. The Morgan fingerprint density at radius 3 is 1.26 bits per heavy atom. The first kappa shape index (κ1) is 60.3. The number of carbonyl (C=O) groups is 1. The van der Waals surface area contributed by atoms with Crippen molar-refractivity contribution < 1.29 is 173 Å². The normalized spacial score (nSPS) is 53.3. The molecule has 8 heterocycles. The van der Waals surface area contributed by atoms with E-state index in [0.29, 0.717) is 0 Å². The molecule has 35 heteroatoms. The lowest BCUT2D eigenvalue weighted by Crippen LogP contribution is -2.65. The highest BCUT2D eigenvalue weighted by atomic mass is 16.8. The third kappa shape index (κ3) is 12.3. The van der Waals surface area contributed by atoms with E-state index in [1.54, 1.807) is 0 Å². The van der Waals surface area contributed by atoms with Gasteiger partial charge in [-0.15, -0.1) is 0 Å². The Kier molecular flexibility index (Phi) is 20.2. The molecule has 0 spiro atoms. The molecule has 8 aliphatic rings. The average Bonchev–Trinajstić information content (AvgIpc) is 3.97. The van der Waals surface area contributed by atoms with Crippen LogP contribution in [-0.4, -0.2) is 352 Å². The minimum absolute atomic E-state index is 0.552. The Hall–Kier alpha value is -1.85. The topological polar surface area (TPSA) is 540 Å². The number of aliphatic hydroxyl groups excluding tert-OH is 18. The van der Waals surface area contributed by atoms with Gasteiger partial charge in [-0.25, -0.2) is 4.79 Å². The average molecular weight is 1120 g/mol. The Morgan fingerprint density at radius 2 is 0.750 bits per heavy atom. The maximum atomic E-state index is 12.1. The van der Waals surface area contributed by atoms with Gasteiger partial charge in [-0.05, 0) is 0 Å². The summed E-state index contributed by atoms with van der Waals surface area (Å²) in [5.41, 5.74) is 0. The number of aliphatic carboxylic acids is 1. The molecule has 0 amide bonds. The Bertz CT molecular complexity index is 1850. The minimum Gasteiger partial charge on any atom is -0.479 e. The molecule has 0 aromatic rings. The van der Waals surface area contributed by atoms with Crippen LogP contribution in [0.4, 0.5) is 0 Å². The van der Waals surface area contributed by atoms with E-state index in [9.17, 15) is 102 Å². The second-order valence-electron chi connectivity index (χ2n) is 19.1. The van der Waals surface area contributed by atoms with E-state index < -0.39 is 255 Å². The van der Waals surface area contributed by atoms with Gasteiger partial charge in [0.2, 0.25) is 0 Å². The quantitative estimate of drug-likeness (QED) is 0.0606. The number of hydrogen-bond donors (Lipinski definition) is 19. The molecule has 0 aliphatic carbocycles. The van der Waals surface area contributed by atoms with E-state index in [2.05, 4.69) is 0 Å². The highest BCUT2D eigenvalue weighted by molar-refractivity contribution is 5.73. The van der Waals surface area contributed by atoms with Gasteiger partial charge in [-0.1, -0.05) is 0 Å². The van der Waals surface area contributed by atoms with Gasteiger partial charge in [0.05, 0.1) is 46.2 Å². The van der Waals surface area contributed by atoms with Gasteiger partial charge in [0.1, 0.15) is 146 Å². The van der Waals surface area contributed by atoms with E-state index in [1.165, 1.54) is 0 Å². The summed E-state index contributed by atoms with van der Waals surface area (Å²) in [5.74, 6) is -1.79. The number of hydrogen-bond acceptors (Lipinski definition) is 34. The zero-order valence-corrected chi connectivity index (χ0v) is 39.5. The second-order valence-corrected chi connectivity index (χ2v) is 19.1. The molecular formula is C41H66O35. The van der Waals surface area contributed by atoms with Crippen molar-refractivity contribution in [1.29, 1.82) is 0 Å². The van der Waals surface area contributed by atoms with Crippen molar-refractivity contribution in [1.82, 2.24) is 0 Å². The molecule has 8 saturated heterocycles. The van der Waals surface area contributed by atoms with Crippen LogP contribution in [0.3, 0.4) is 0 Å². The SMILES string of the molecule is O=C(O)[C@H]1O[C@H](O[C@H]2[C@H](O[C@@H]3CO[C@@H](O[C@@H]4CO[C@@H](O[C@@H]5COC(O)[C@H](O)[C@H]5O)[C@H](O)[C@H]4O[C@@H]4O[C@@H](CO)[C@H](O)[C@H]4O[C@@H]4O[C@@H](CO)[C@H](O)[C@H]4O)[C@H](O)[C@H]3O[C@@H]3O[C@@H](CO)[C@H](O)[C@H]3O)OC[C@@H](O)[C@@H]2O)[C@H](O)[C@@H](O)[C@@H]1O. The molecule has 8 rings (SSSR count). The predicted octanol–water partition coefficient (Wildman–Crippen LogP) is -13.9. The van der Waals surface area contributed by atoms with Crippen LogP contribution in [0.15, 0.2) is 0 Å². The second kappa shape index (κ2) is 25.5. The van der Waals surface area contributed by atoms with Gasteiger partial charge in [0, 0.05) is 0 Å². The fraction of sp³-hybridized carbons (Fsp3) is 0.976. The van der Waals surface area contributed by atoms with Gasteiger partial charge in [0.25, 0.3) is 0 Å². The predicted molar refractivity (Wildman–Crippen MR) is 223 cm³/mol. The van der Waals surface area contributed by atoms with Crippen molar-refractivity contribution in [3.63, 3.8) is 0 Å². The van der Waals surface area contributed by atoms with Crippen LogP contribution in [0.25, 0.3) is 0 Å². The molecule has 8 fully saturated rings. The molecule has 0 bridgehead atoms. The van der Waals surface area contributed by atoms with Crippen molar-refractivity contribution >= 4 is 5.97 Å². The standard InChI is InChI=1S/C41H66O35/c42-1-9-16(47)23(54)37(66-9)72-28-14(71-40-31(15(46)8(45)4-63-40)75-39-25(56)20(51)21(52)30(74-39)33(59)60)7-65-36(26(28)57)70-13-6-64-35(69-12-5-62-34(61)22(53)18(12)49)27(58)29(13)73-41-32(19(50)11(3-44)68-41)76-38-24(55)17(48)10(2-43)67-38/h8-32,34-58,61H,1-7H2,(H,59,60)/t8-,9+,10+,11+,12-,13-,14-,15+,16+,17+,18+,19+,20+,21+,22-,23-,24-,25-,26-,27-,28+,29+,30+,31-,32-,34?,35+,36+,37+,38+,39-,40+,41+/m1/s1. The number of ether oxygens (including phenoxy) is 15. The maximum absolute atomic E-state index is 12.1. The summed E-state index contributed by atoms with van der Waals surface area (Å²) in [6.07, 6.45) is -61.2. The molecule has 8 aliphatic heterocycles. The maximum Gasteiger partial charge on any atom is 0.335 e. The van der Waals surface area contributed by atoms with Crippen LogP contribution in [0.1, 0.15) is 0 Å². The molecule has 0 aromatic heterocycles. The van der Waals surface area contributed by atoms with Gasteiger partial charge in [0.15, 0.2) is 56.4 Å². The highest BCUT2D eigenvalue weighted by Crippen LogP contribution is 2.37. The Labute approximate surface area is 427 Å². The molecule has 0 saturated carbocycles. The van der Waals surface area contributed by atoms with Gasteiger partial charge < -0.3 is 168 Å². The lowest BCUT2D eigenvalue weighted by atomic mass is 9.98. The van der Waals surface area contributed by atoms with E-state index in [0.717, 1.165) is 0 Å². The Morgan fingerprint density at radius 1 is 0.342 bits per heavy atom. The largest absolute Gasteiger partial charge is 0.479 e. The molecular weight excluding hydrogens is 1050 g/mol. The summed E-state index contributed by atoms with van der Waals surface area (Å²) in [6, 6.07) is 0. The summed E-state index contributed by atoms with van der Waals surface area (Å²) in [5, 5.41) is 200. The molecule has 76 heavy (non-hydrogen) atoms. The molecule has 0 radical (unpaired) electrons. The monoisotopic (exact) mass is 1120 g/mol. The van der Waals surface area contributed by atoms with E-state index in [-0.39, 0.29) is 0 Å². The molecule has 35 nitrogen and oxygen atoms in total. The number of rotatable bonds is 18. The van der Waals surface area contributed by atoms with E-state index >= 15 is 0 Å². The summed E-state index contributed by atoms with van der Waals surface area (Å²) >= 11 is 0. The van der Waals surface area contributed by atoms with Gasteiger partial charge in [-0.2, -0.15) is 0 Å². The minimum atomic E-state index is -2.18. The van der Waals surface area contributed by atoms with Crippen molar-refractivity contribution in [2.75, 3.05) is 46.2 Å². The molecule has 440 valence electrons. The number of carboxylic acids is 1. The molecule has 33 atom stereocenters. The number of aliphatic hydroxyl groups is 18. The van der Waals surface area contributed by atoms with Gasteiger partial charge in [-0.3, -0.25) is 0 Å². The summed E-state index contributed by atoms with van der Waals surface area (Å²) in [4.78, 5) is 11.8. The third-order valence-electron chi connectivity index (χ3n) is 14.1. The van der Waals surface area contributed by atoms with Crippen molar-refractivity contribution in [2.45, 2.75) is 203 Å². The fourth-order valence-corrected chi connectivity index (χ4v) is 9.62. The zero-order chi connectivity index (χ0) is 55.2. The number of carboxylic acid groups (broad SMARTS) is 1. The molecule has 1 unspecified atom stereocenters. The van der Waals surface area contributed by atoms with Gasteiger partial charge >= 0.3 is 5.97 Å². The van der Waals surface area contributed by atoms with Crippen LogP contribution in [0, 0.1) is 0 Å². The summed E-state index contributed by atoms with van der Waals surface area (Å²) in [7, 11) is 0. The van der Waals surface area contributed by atoms with Crippen molar-refractivity contribution in [2.24, 2.45) is 0 Å². The van der Waals surface area contributed by atoms with Crippen molar-refractivity contribution in [3.8, 4) is 0 Å². The summed E-state index contributed by atoms with van der Waals surface area (Å²) < 4.78 is 85.6. The van der Waals surface area contributed by atoms with Crippen LogP contribution in [0.5, 0.6) is 0 Å². The lowest BCUT2D eigenvalue weighted by Gasteiger charge is -2.47. The van der Waals surface area contributed by atoms with E-state index in [4.69, 9.17) is 71.1 Å². The third-order valence-corrected chi connectivity index (χ3v) is 14.1. The van der Waals surface area contributed by atoms with Crippen LogP contribution >= 0.6 is 0 Å². The summed E-state index contributed by atoms with van der Waals surface area (Å²) in [6.45, 7) is -5.20. The smallest absolute Gasteiger partial charge is 0.335 e. The fourth-order valence-electron chi connectivity index (χ4n) is 9.62. The first-order valence-corrected chi connectivity index (χ1v) is 24.0. The van der Waals surface area contributed by atoms with Crippen LogP contribution < -0.4 is 0 Å². The van der Waals surface area contributed by atoms with Crippen LogP contribution in [0.2, 0.25) is 0 Å². The molecule has 0 aromatic carbocycles. The van der Waals surface area contributed by atoms with Crippen LogP contribution in [-0.2, 0) is 75.8 Å². The first-order chi connectivity index (χ1) is 36.1. The molecule has 19 N–H and O–H groups in total. The Balaban J connectivity index is 1.05. The van der Waals surface area contributed by atoms with Crippen molar-refractivity contribution in [3.05, 3.63) is 0 Å². The van der Waals surface area contributed by atoms with E-state index in [1.807, 2.05) is 0 Å². The first-order valence-electron chi connectivity index (χ1n) is 24.0. The zero-order valence-electron chi connectivity index (χ0n) is 39.5. The lowest BCUT2D eigenvalue weighted by molar-refractivity contribution is -0.386.